The molecular formula is C29H59. The highest BCUT2D eigenvalue weighted by Crippen LogP contribution is 2.15. The zero-order valence-corrected chi connectivity index (χ0v) is 21.0. The van der Waals surface area contributed by atoms with Crippen molar-refractivity contribution in [3.8, 4) is 0 Å². The van der Waals surface area contributed by atoms with Crippen molar-refractivity contribution in [3.05, 3.63) is 6.42 Å². The van der Waals surface area contributed by atoms with E-state index in [-0.39, 0.29) is 0 Å². The van der Waals surface area contributed by atoms with E-state index in [9.17, 15) is 0 Å². The lowest BCUT2D eigenvalue weighted by Crippen LogP contribution is -1.85. The fourth-order valence-corrected chi connectivity index (χ4v) is 4.39. The molecule has 0 fully saturated rings. The Morgan fingerprint density at radius 1 is 0.276 bits per heavy atom. The normalized spacial score (nSPS) is 11.4. The van der Waals surface area contributed by atoms with E-state index in [0.717, 1.165) is 0 Å². The van der Waals surface area contributed by atoms with Gasteiger partial charge < -0.3 is 0 Å². The Hall–Kier alpha value is 0. The number of unbranched alkanes of at least 4 members (excludes halogenated alkanes) is 26. The molecule has 0 amide bonds. The Balaban J connectivity index is 2.97. The summed E-state index contributed by atoms with van der Waals surface area (Å²) in [5, 5.41) is 0. The van der Waals surface area contributed by atoms with E-state index < -0.39 is 0 Å². The summed E-state index contributed by atoms with van der Waals surface area (Å²) in [4.78, 5) is 0. The maximum atomic E-state index is 2.51. The van der Waals surface area contributed by atoms with Crippen LogP contribution in [0.15, 0.2) is 0 Å². The van der Waals surface area contributed by atoms with Crippen molar-refractivity contribution in [2.24, 2.45) is 0 Å². The van der Waals surface area contributed by atoms with Crippen molar-refractivity contribution in [1.82, 2.24) is 0 Å². The van der Waals surface area contributed by atoms with E-state index in [1.54, 1.807) is 0 Å². The molecule has 0 aliphatic carbocycles. The van der Waals surface area contributed by atoms with Crippen LogP contribution in [0.4, 0.5) is 0 Å². The Morgan fingerprint density at radius 3 is 0.828 bits per heavy atom. The molecule has 0 N–H and O–H groups in total. The lowest BCUT2D eigenvalue weighted by Gasteiger charge is -2.04. The van der Waals surface area contributed by atoms with Crippen molar-refractivity contribution < 1.29 is 0 Å². The van der Waals surface area contributed by atoms with E-state index in [1.165, 1.54) is 167 Å². The van der Waals surface area contributed by atoms with Gasteiger partial charge in [-0.1, -0.05) is 181 Å². The molecule has 1 radical (unpaired) electrons. The van der Waals surface area contributed by atoms with Crippen molar-refractivity contribution >= 4 is 0 Å². The highest BCUT2D eigenvalue weighted by Gasteiger charge is 1.96. The molecule has 0 unspecified atom stereocenters. The Kier molecular flexibility index (Phi) is 28.0. The summed E-state index contributed by atoms with van der Waals surface area (Å²) in [7, 11) is 0. The molecule has 29 heavy (non-hydrogen) atoms. The quantitative estimate of drug-likeness (QED) is 0.125. The molecule has 0 saturated carbocycles. The van der Waals surface area contributed by atoms with Crippen LogP contribution in [-0.4, -0.2) is 0 Å². The van der Waals surface area contributed by atoms with Crippen LogP contribution >= 0.6 is 0 Å². The van der Waals surface area contributed by atoms with Gasteiger partial charge in [0.2, 0.25) is 0 Å². The van der Waals surface area contributed by atoms with Gasteiger partial charge in [0.1, 0.15) is 0 Å². The lowest BCUT2D eigenvalue weighted by atomic mass is 10.0. The molecule has 0 bridgehead atoms. The molecule has 0 heteroatoms. The Morgan fingerprint density at radius 2 is 0.517 bits per heavy atom. The Bertz CT molecular complexity index is 231. The standard InChI is InChI=1S/C29H59/c1-3-5-7-9-11-13-15-17-19-21-23-25-27-29-28-26-24-22-20-18-16-14-12-10-8-6-4-2/h9H,3-8,10-29H2,1-2H3. The van der Waals surface area contributed by atoms with Gasteiger partial charge in [-0.15, -0.1) is 0 Å². The third-order valence-electron chi connectivity index (χ3n) is 6.52. The second-order valence-corrected chi connectivity index (χ2v) is 9.64. The topological polar surface area (TPSA) is 0 Å². The molecule has 0 aromatic rings. The van der Waals surface area contributed by atoms with Gasteiger partial charge in [0.25, 0.3) is 0 Å². The van der Waals surface area contributed by atoms with E-state index >= 15 is 0 Å². The van der Waals surface area contributed by atoms with Gasteiger partial charge >= 0.3 is 0 Å². The first kappa shape index (κ1) is 29.0. The molecule has 0 spiro atoms. The highest BCUT2D eigenvalue weighted by atomic mass is 14.0. The molecule has 0 saturated heterocycles. The van der Waals surface area contributed by atoms with Crippen LogP contribution in [0.25, 0.3) is 0 Å². The minimum Gasteiger partial charge on any atom is -0.0654 e. The van der Waals surface area contributed by atoms with Crippen LogP contribution in [0.3, 0.4) is 0 Å². The lowest BCUT2D eigenvalue weighted by molar-refractivity contribution is 0.518. The summed E-state index contributed by atoms with van der Waals surface area (Å²) < 4.78 is 0. The van der Waals surface area contributed by atoms with Crippen LogP contribution in [-0.2, 0) is 0 Å². The summed E-state index contributed by atoms with van der Waals surface area (Å²) in [5.41, 5.74) is 0. The SMILES string of the molecule is CCCC[CH]CCCCCCCCCCCCCCCCCCCCCCCC. The monoisotopic (exact) mass is 407 g/mol. The van der Waals surface area contributed by atoms with Crippen LogP contribution in [0.2, 0.25) is 0 Å². The second-order valence-electron chi connectivity index (χ2n) is 9.64. The first-order valence-electron chi connectivity index (χ1n) is 14.2. The maximum absolute atomic E-state index is 2.51. The first-order valence-corrected chi connectivity index (χ1v) is 14.2. The molecule has 175 valence electrons. The summed E-state index contributed by atoms with van der Waals surface area (Å²) in [6.45, 7) is 4.59. The molecule has 0 aromatic carbocycles. The zero-order chi connectivity index (χ0) is 21.1. The molecule has 0 atom stereocenters. The van der Waals surface area contributed by atoms with E-state index in [0.29, 0.717) is 0 Å². The molecule has 0 aliphatic rings. The molecule has 0 rings (SSSR count). The third kappa shape index (κ3) is 28.0. The third-order valence-corrected chi connectivity index (χ3v) is 6.52. The van der Waals surface area contributed by atoms with Gasteiger partial charge in [0, 0.05) is 0 Å². The van der Waals surface area contributed by atoms with Gasteiger partial charge in [0.15, 0.2) is 0 Å². The summed E-state index contributed by atoms with van der Waals surface area (Å²) >= 11 is 0. The van der Waals surface area contributed by atoms with Gasteiger partial charge in [-0.05, 0) is 6.42 Å². The minimum absolute atomic E-state index is 1.34. The largest absolute Gasteiger partial charge is 0.0654 e. The van der Waals surface area contributed by atoms with E-state index in [4.69, 9.17) is 0 Å². The second kappa shape index (κ2) is 28.0. The predicted octanol–water partition coefficient (Wildman–Crippen LogP) is 11.4. The smallest absolute Gasteiger partial charge is 0.0386 e. The van der Waals surface area contributed by atoms with Gasteiger partial charge in [0.05, 0.1) is 0 Å². The van der Waals surface area contributed by atoms with Crippen LogP contribution < -0.4 is 0 Å². The van der Waals surface area contributed by atoms with Crippen molar-refractivity contribution in [2.75, 3.05) is 0 Å². The van der Waals surface area contributed by atoms with E-state index in [2.05, 4.69) is 20.3 Å². The van der Waals surface area contributed by atoms with Crippen molar-refractivity contribution in [3.63, 3.8) is 0 Å². The van der Waals surface area contributed by atoms with Gasteiger partial charge in [-0.2, -0.15) is 0 Å². The van der Waals surface area contributed by atoms with Gasteiger partial charge in [-0.25, -0.2) is 0 Å². The number of rotatable bonds is 26. The van der Waals surface area contributed by atoms with Crippen LogP contribution in [0, 0.1) is 6.42 Å². The molecule has 0 aliphatic heterocycles. The first-order chi connectivity index (χ1) is 14.4. The molecule has 0 heterocycles. The summed E-state index contributed by atoms with van der Waals surface area (Å²) in [6.07, 6.45) is 40.4. The highest BCUT2D eigenvalue weighted by molar-refractivity contribution is 4.64. The summed E-state index contributed by atoms with van der Waals surface area (Å²) in [6, 6.07) is 0. The average molecular weight is 408 g/mol. The fourth-order valence-electron chi connectivity index (χ4n) is 4.39. The van der Waals surface area contributed by atoms with Crippen molar-refractivity contribution in [1.29, 1.82) is 0 Å². The molecule has 0 aromatic heterocycles. The van der Waals surface area contributed by atoms with Crippen LogP contribution in [0.1, 0.15) is 181 Å². The predicted molar refractivity (Wildman–Crippen MR) is 136 cm³/mol. The summed E-state index contributed by atoms with van der Waals surface area (Å²) in [5.74, 6) is 0. The fraction of sp³-hybridized carbons (Fsp3) is 0.966. The minimum atomic E-state index is 1.34. The van der Waals surface area contributed by atoms with Gasteiger partial charge in [-0.3, -0.25) is 0 Å². The number of hydrogen-bond donors (Lipinski definition) is 0. The Labute approximate surface area is 187 Å². The van der Waals surface area contributed by atoms with E-state index in [1.807, 2.05) is 0 Å². The number of hydrogen-bond acceptors (Lipinski definition) is 0. The maximum Gasteiger partial charge on any atom is -0.0386 e. The van der Waals surface area contributed by atoms with Crippen LogP contribution in [0.5, 0.6) is 0 Å². The average Bonchev–Trinajstić information content (AvgIpc) is 2.74. The molecule has 0 nitrogen and oxygen atoms in total. The van der Waals surface area contributed by atoms with Crippen molar-refractivity contribution in [2.45, 2.75) is 181 Å². The zero-order valence-electron chi connectivity index (χ0n) is 21.0. The molecular weight excluding hydrogens is 348 g/mol.